The van der Waals surface area contributed by atoms with Gasteiger partial charge in [0.25, 0.3) is 5.92 Å². The maximum absolute atomic E-state index is 13.4. The summed E-state index contributed by atoms with van der Waals surface area (Å²) in [5.74, 6) is -2.74. The number of anilines is 3. The molecule has 0 saturated carbocycles. The maximum atomic E-state index is 13.4. The van der Waals surface area contributed by atoms with Crippen LogP contribution in [0, 0.1) is 0 Å². The van der Waals surface area contributed by atoms with E-state index in [1.807, 2.05) is 0 Å². The number of nitrogens with zero attached hydrogens (tertiary/aromatic N) is 2. The SMILES string of the molecule is CC(F)(F)c1cc(Nc2n[nH]c(N)n2)cc(Cl)c1Br. The van der Waals surface area contributed by atoms with Crippen molar-refractivity contribution in [2.75, 3.05) is 11.1 Å². The molecule has 0 atom stereocenters. The zero-order valence-corrected chi connectivity index (χ0v) is 12.0. The molecule has 0 saturated heterocycles. The fourth-order valence-corrected chi connectivity index (χ4v) is 2.24. The highest BCUT2D eigenvalue weighted by atomic mass is 79.9. The molecule has 0 fully saturated rings. The molecule has 0 spiro atoms. The smallest absolute Gasteiger partial charge is 0.271 e. The summed E-state index contributed by atoms with van der Waals surface area (Å²) in [5.41, 5.74) is 5.47. The highest BCUT2D eigenvalue weighted by Crippen LogP contribution is 2.39. The minimum atomic E-state index is -3.03. The second-order valence-corrected chi connectivity index (χ2v) is 5.08. The van der Waals surface area contributed by atoms with Crippen LogP contribution in [0.1, 0.15) is 12.5 Å². The average Bonchev–Trinajstić information content (AvgIpc) is 2.67. The number of halogens is 4. The number of hydrogen-bond acceptors (Lipinski definition) is 4. The number of nitrogen functional groups attached to an aromatic ring is 1. The normalized spacial score (nSPS) is 11.6. The number of hydrogen-bond donors (Lipinski definition) is 3. The van der Waals surface area contributed by atoms with Crippen LogP contribution in [0.5, 0.6) is 0 Å². The first-order valence-electron chi connectivity index (χ1n) is 5.09. The van der Waals surface area contributed by atoms with Crippen molar-refractivity contribution in [2.24, 2.45) is 0 Å². The predicted molar refractivity (Wildman–Crippen MR) is 72.8 cm³/mol. The van der Waals surface area contributed by atoms with Crippen LogP contribution >= 0.6 is 27.5 Å². The lowest BCUT2D eigenvalue weighted by Crippen LogP contribution is -2.09. The van der Waals surface area contributed by atoms with Gasteiger partial charge in [0, 0.05) is 22.6 Å². The van der Waals surface area contributed by atoms with Crippen molar-refractivity contribution < 1.29 is 8.78 Å². The Kier molecular flexibility index (Phi) is 3.64. The van der Waals surface area contributed by atoms with Gasteiger partial charge in [0.15, 0.2) is 0 Å². The van der Waals surface area contributed by atoms with Gasteiger partial charge < -0.3 is 11.1 Å². The molecular formula is C10H9BrClF2N5. The van der Waals surface area contributed by atoms with Gasteiger partial charge in [-0.05, 0) is 28.1 Å². The van der Waals surface area contributed by atoms with E-state index >= 15 is 0 Å². The Morgan fingerprint density at radius 2 is 2.16 bits per heavy atom. The van der Waals surface area contributed by atoms with Gasteiger partial charge in [-0.15, -0.1) is 5.10 Å². The van der Waals surface area contributed by atoms with Crippen molar-refractivity contribution in [1.82, 2.24) is 15.2 Å². The van der Waals surface area contributed by atoms with Gasteiger partial charge in [-0.25, -0.2) is 13.9 Å². The lowest BCUT2D eigenvalue weighted by atomic mass is 10.1. The molecule has 0 bridgehead atoms. The molecule has 0 unspecified atom stereocenters. The van der Waals surface area contributed by atoms with E-state index in [1.54, 1.807) is 0 Å². The lowest BCUT2D eigenvalue weighted by molar-refractivity contribution is 0.0167. The molecule has 5 nitrogen and oxygen atoms in total. The van der Waals surface area contributed by atoms with Crippen LogP contribution in [0.2, 0.25) is 5.02 Å². The molecule has 1 heterocycles. The van der Waals surface area contributed by atoms with Gasteiger partial charge in [-0.2, -0.15) is 4.98 Å². The molecule has 2 rings (SSSR count). The van der Waals surface area contributed by atoms with Crippen molar-refractivity contribution >= 4 is 45.1 Å². The first kappa shape index (κ1) is 14.0. The standard InChI is InChI=1S/C10H9BrClF2N5/c1-10(13,14)5-2-4(3-6(12)7(5)11)16-9-17-8(15)18-19-9/h2-3H,1H3,(H4,15,16,17,18,19). The summed E-state index contributed by atoms with van der Waals surface area (Å²) < 4.78 is 27.0. The molecule has 0 radical (unpaired) electrons. The number of rotatable bonds is 3. The Labute approximate surface area is 120 Å². The zero-order valence-electron chi connectivity index (χ0n) is 9.64. The number of alkyl halides is 2. The molecular weight excluding hydrogens is 343 g/mol. The Bertz CT molecular complexity index is 610. The summed E-state index contributed by atoms with van der Waals surface area (Å²) in [5, 5.41) is 9.05. The second-order valence-electron chi connectivity index (χ2n) is 3.88. The number of H-pyrrole nitrogens is 1. The van der Waals surface area contributed by atoms with E-state index in [1.165, 1.54) is 12.1 Å². The van der Waals surface area contributed by atoms with Gasteiger partial charge in [-0.3, -0.25) is 0 Å². The van der Waals surface area contributed by atoms with Gasteiger partial charge in [0.2, 0.25) is 11.9 Å². The van der Waals surface area contributed by atoms with Gasteiger partial charge in [0.1, 0.15) is 0 Å². The summed E-state index contributed by atoms with van der Waals surface area (Å²) in [4.78, 5) is 3.81. The van der Waals surface area contributed by atoms with Crippen LogP contribution in [0.15, 0.2) is 16.6 Å². The van der Waals surface area contributed by atoms with Crippen molar-refractivity contribution in [2.45, 2.75) is 12.8 Å². The number of aromatic nitrogens is 3. The molecule has 0 aliphatic carbocycles. The number of aromatic amines is 1. The van der Waals surface area contributed by atoms with E-state index < -0.39 is 5.92 Å². The van der Waals surface area contributed by atoms with E-state index in [9.17, 15) is 8.78 Å². The summed E-state index contributed by atoms with van der Waals surface area (Å²) in [6.07, 6.45) is 0. The number of nitrogens with one attached hydrogen (secondary N) is 2. The van der Waals surface area contributed by atoms with Crippen molar-refractivity contribution in [3.8, 4) is 0 Å². The van der Waals surface area contributed by atoms with Crippen LogP contribution in [-0.4, -0.2) is 15.2 Å². The molecule has 0 aliphatic rings. The second kappa shape index (κ2) is 4.93. The Hall–Kier alpha value is -1.41. The van der Waals surface area contributed by atoms with E-state index in [4.69, 9.17) is 17.3 Å². The molecule has 1 aromatic heterocycles. The summed E-state index contributed by atoms with van der Waals surface area (Å²) in [6.45, 7) is 0.790. The molecule has 102 valence electrons. The zero-order chi connectivity index (χ0) is 14.2. The fraction of sp³-hybridized carbons (Fsp3) is 0.200. The average molecular weight is 353 g/mol. The third kappa shape index (κ3) is 3.13. The molecule has 19 heavy (non-hydrogen) atoms. The predicted octanol–water partition coefficient (Wildman–Crippen LogP) is 3.66. The summed E-state index contributed by atoms with van der Waals surface area (Å²) >= 11 is 8.95. The highest BCUT2D eigenvalue weighted by Gasteiger charge is 2.28. The Morgan fingerprint density at radius 3 is 2.68 bits per heavy atom. The van der Waals surface area contributed by atoms with Crippen molar-refractivity contribution in [1.29, 1.82) is 0 Å². The highest BCUT2D eigenvalue weighted by molar-refractivity contribution is 9.10. The largest absolute Gasteiger partial charge is 0.368 e. The third-order valence-corrected chi connectivity index (χ3v) is 3.64. The van der Waals surface area contributed by atoms with Gasteiger partial charge in [-0.1, -0.05) is 11.6 Å². The van der Waals surface area contributed by atoms with E-state index in [-0.39, 0.29) is 27.0 Å². The van der Waals surface area contributed by atoms with E-state index in [0.717, 1.165) is 6.92 Å². The minimum absolute atomic E-state index is 0.117. The lowest BCUT2D eigenvalue weighted by Gasteiger charge is -2.15. The summed E-state index contributed by atoms with van der Waals surface area (Å²) in [7, 11) is 0. The first-order valence-corrected chi connectivity index (χ1v) is 6.26. The van der Waals surface area contributed by atoms with Gasteiger partial charge >= 0.3 is 0 Å². The minimum Gasteiger partial charge on any atom is -0.368 e. The topological polar surface area (TPSA) is 79.6 Å². The molecule has 9 heteroatoms. The third-order valence-electron chi connectivity index (χ3n) is 2.26. The number of benzene rings is 1. The fourth-order valence-electron chi connectivity index (χ4n) is 1.44. The molecule has 4 N–H and O–H groups in total. The van der Waals surface area contributed by atoms with Crippen LogP contribution in [0.4, 0.5) is 26.4 Å². The Morgan fingerprint density at radius 1 is 1.47 bits per heavy atom. The van der Waals surface area contributed by atoms with Crippen LogP contribution in [-0.2, 0) is 5.92 Å². The molecule has 0 amide bonds. The molecule has 1 aromatic carbocycles. The van der Waals surface area contributed by atoms with E-state index in [2.05, 4.69) is 36.4 Å². The van der Waals surface area contributed by atoms with Crippen molar-refractivity contribution in [3.05, 3.63) is 27.2 Å². The summed E-state index contributed by atoms with van der Waals surface area (Å²) in [6, 6.07) is 2.75. The van der Waals surface area contributed by atoms with Crippen LogP contribution in [0.25, 0.3) is 0 Å². The van der Waals surface area contributed by atoms with Crippen LogP contribution < -0.4 is 11.1 Å². The van der Waals surface area contributed by atoms with Crippen LogP contribution in [0.3, 0.4) is 0 Å². The Balaban J connectivity index is 2.39. The quantitative estimate of drug-likeness (QED) is 0.787. The molecule has 2 aromatic rings. The van der Waals surface area contributed by atoms with E-state index in [0.29, 0.717) is 5.69 Å². The number of nitrogens with two attached hydrogens (primary N) is 1. The first-order chi connectivity index (χ1) is 8.77. The molecule has 0 aliphatic heterocycles. The maximum Gasteiger partial charge on any atom is 0.271 e. The van der Waals surface area contributed by atoms with Gasteiger partial charge in [0.05, 0.1) is 5.02 Å². The monoisotopic (exact) mass is 351 g/mol. The van der Waals surface area contributed by atoms with Crippen molar-refractivity contribution in [3.63, 3.8) is 0 Å².